The van der Waals surface area contributed by atoms with Crippen LogP contribution in [0.25, 0.3) is 11.1 Å². The van der Waals surface area contributed by atoms with Crippen molar-refractivity contribution in [1.29, 1.82) is 0 Å². The quantitative estimate of drug-likeness (QED) is 0.890. The third-order valence-corrected chi connectivity index (χ3v) is 2.57. The van der Waals surface area contributed by atoms with Gasteiger partial charge in [-0.1, -0.05) is 18.2 Å². The average molecular weight is 247 g/mol. The second-order valence-electron chi connectivity index (χ2n) is 3.95. The molecule has 18 heavy (non-hydrogen) atoms. The molecule has 0 radical (unpaired) electrons. The number of hydrogen-bond acceptors (Lipinski definition) is 1. The van der Waals surface area contributed by atoms with E-state index >= 15 is 0 Å². The molecule has 2 rings (SSSR count). The van der Waals surface area contributed by atoms with Gasteiger partial charge in [-0.2, -0.15) is 0 Å². The number of hydrogen-bond donors (Lipinski definition) is 1. The van der Waals surface area contributed by atoms with Crippen LogP contribution in [0.15, 0.2) is 42.5 Å². The van der Waals surface area contributed by atoms with Crippen molar-refractivity contribution in [2.24, 2.45) is 5.73 Å². The van der Waals surface area contributed by atoms with Gasteiger partial charge in [0.15, 0.2) is 0 Å². The number of rotatable bonds is 3. The minimum atomic E-state index is -0.557. The van der Waals surface area contributed by atoms with E-state index in [9.17, 15) is 13.6 Å². The Morgan fingerprint density at radius 2 is 1.78 bits per heavy atom. The molecule has 0 spiro atoms. The Morgan fingerprint density at radius 1 is 1.06 bits per heavy atom. The van der Waals surface area contributed by atoms with Crippen molar-refractivity contribution in [3.8, 4) is 11.1 Å². The Kier molecular flexibility index (Phi) is 3.37. The molecule has 0 heterocycles. The van der Waals surface area contributed by atoms with Crippen molar-refractivity contribution in [2.75, 3.05) is 0 Å². The largest absolute Gasteiger partial charge is 0.369 e. The van der Waals surface area contributed by atoms with Crippen LogP contribution < -0.4 is 5.73 Å². The highest BCUT2D eigenvalue weighted by atomic mass is 19.1. The van der Waals surface area contributed by atoms with Gasteiger partial charge in [0.1, 0.15) is 11.6 Å². The van der Waals surface area contributed by atoms with Gasteiger partial charge in [-0.15, -0.1) is 0 Å². The lowest BCUT2D eigenvalue weighted by Crippen LogP contribution is -2.14. The van der Waals surface area contributed by atoms with Gasteiger partial charge in [0, 0.05) is 0 Å². The molecule has 2 aromatic carbocycles. The summed E-state index contributed by atoms with van der Waals surface area (Å²) in [5, 5.41) is 0. The number of carbonyl (C=O) groups excluding carboxylic acids is 1. The van der Waals surface area contributed by atoms with Crippen LogP contribution >= 0.6 is 0 Å². The van der Waals surface area contributed by atoms with Crippen LogP contribution in [0.2, 0.25) is 0 Å². The number of halogens is 2. The van der Waals surface area contributed by atoms with E-state index in [4.69, 9.17) is 5.73 Å². The number of primary amides is 1. The highest BCUT2D eigenvalue weighted by Gasteiger charge is 2.09. The third kappa shape index (κ3) is 2.71. The number of benzene rings is 2. The van der Waals surface area contributed by atoms with E-state index in [0.717, 1.165) is 0 Å². The molecule has 0 saturated carbocycles. The first-order valence-electron chi connectivity index (χ1n) is 5.39. The van der Waals surface area contributed by atoms with Gasteiger partial charge in [0.05, 0.1) is 6.42 Å². The fraction of sp³-hybridized carbons (Fsp3) is 0.0714. The number of carbonyl (C=O) groups is 1. The molecule has 0 aromatic heterocycles. The summed E-state index contributed by atoms with van der Waals surface area (Å²) in [7, 11) is 0. The van der Waals surface area contributed by atoms with E-state index < -0.39 is 11.7 Å². The van der Waals surface area contributed by atoms with Gasteiger partial charge in [0.2, 0.25) is 5.91 Å². The monoisotopic (exact) mass is 247 g/mol. The summed E-state index contributed by atoms with van der Waals surface area (Å²) in [6, 6.07) is 9.93. The Bertz CT molecular complexity index is 596. The van der Waals surface area contributed by atoms with E-state index in [0.29, 0.717) is 16.7 Å². The van der Waals surface area contributed by atoms with Crippen molar-refractivity contribution in [1.82, 2.24) is 0 Å². The normalized spacial score (nSPS) is 10.3. The van der Waals surface area contributed by atoms with E-state index in [1.165, 1.54) is 30.3 Å². The molecule has 0 saturated heterocycles. The molecule has 0 aliphatic heterocycles. The predicted molar refractivity (Wildman–Crippen MR) is 64.7 cm³/mol. The standard InChI is InChI=1S/C14H11F2NO/c15-11-3-1-2-9(6-11)13-5-4-12(16)7-10(13)8-14(17)18/h1-7H,8H2,(H2,17,18). The van der Waals surface area contributed by atoms with Gasteiger partial charge in [-0.25, -0.2) is 8.78 Å². The molecule has 2 aromatic rings. The lowest BCUT2D eigenvalue weighted by molar-refractivity contribution is -0.117. The summed E-state index contributed by atoms with van der Waals surface area (Å²) >= 11 is 0. The zero-order chi connectivity index (χ0) is 13.1. The Labute approximate surface area is 103 Å². The van der Waals surface area contributed by atoms with E-state index in [1.54, 1.807) is 12.1 Å². The van der Waals surface area contributed by atoms with Crippen LogP contribution in [0.3, 0.4) is 0 Å². The second-order valence-corrected chi connectivity index (χ2v) is 3.95. The lowest BCUT2D eigenvalue weighted by atomic mass is 9.97. The summed E-state index contributed by atoms with van der Waals surface area (Å²) in [5.74, 6) is -1.40. The smallest absolute Gasteiger partial charge is 0.221 e. The summed E-state index contributed by atoms with van der Waals surface area (Å²) in [5.41, 5.74) is 6.76. The molecule has 0 bridgehead atoms. The maximum Gasteiger partial charge on any atom is 0.221 e. The van der Waals surface area contributed by atoms with Crippen LogP contribution in [-0.4, -0.2) is 5.91 Å². The summed E-state index contributed by atoms with van der Waals surface area (Å²) in [6.07, 6.45) is -0.0798. The van der Waals surface area contributed by atoms with Crippen molar-refractivity contribution in [3.05, 3.63) is 59.7 Å². The van der Waals surface area contributed by atoms with Gasteiger partial charge in [-0.05, 0) is 41.0 Å². The third-order valence-electron chi connectivity index (χ3n) is 2.57. The Balaban J connectivity index is 2.52. The fourth-order valence-corrected chi connectivity index (χ4v) is 1.83. The molecular formula is C14H11F2NO. The summed E-state index contributed by atoms with van der Waals surface area (Å²) < 4.78 is 26.3. The molecule has 92 valence electrons. The van der Waals surface area contributed by atoms with E-state index in [2.05, 4.69) is 0 Å². The molecule has 0 unspecified atom stereocenters. The van der Waals surface area contributed by atoms with Crippen molar-refractivity contribution >= 4 is 5.91 Å². The summed E-state index contributed by atoms with van der Waals surface area (Å²) in [4.78, 5) is 11.0. The zero-order valence-electron chi connectivity index (χ0n) is 9.49. The minimum absolute atomic E-state index is 0.0798. The van der Waals surface area contributed by atoms with Crippen LogP contribution in [0, 0.1) is 11.6 Å². The van der Waals surface area contributed by atoms with E-state index in [1.807, 2.05) is 0 Å². The molecule has 2 N–H and O–H groups in total. The second kappa shape index (κ2) is 4.96. The molecule has 0 aliphatic carbocycles. The van der Waals surface area contributed by atoms with E-state index in [-0.39, 0.29) is 12.2 Å². The topological polar surface area (TPSA) is 43.1 Å². The SMILES string of the molecule is NC(=O)Cc1cc(F)ccc1-c1cccc(F)c1. The molecule has 1 amide bonds. The van der Waals surface area contributed by atoms with Crippen molar-refractivity contribution in [3.63, 3.8) is 0 Å². The van der Waals surface area contributed by atoms with Crippen LogP contribution in [0.5, 0.6) is 0 Å². The number of nitrogens with two attached hydrogens (primary N) is 1. The van der Waals surface area contributed by atoms with Gasteiger partial charge in [-0.3, -0.25) is 4.79 Å². The first-order valence-corrected chi connectivity index (χ1v) is 5.39. The molecule has 2 nitrogen and oxygen atoms in total. The maximum atomic E-state index is 13.2. The van der Waals surface area contributed by atoms with Crippen LogP contribution in [0.4, 0.5) is 8.78 Å². The molecule has 0 aliphatic rings. The predicted octanol–water partition coefficient (Wildman–Crippen LogP) is 2.66. The maximum absolute atomic E-state index is 13.2. The Hall–Kier alpha value is -2.23. The lowest BCUT2D eigenvalue weighted by Gasteiger charge is -2.08. The molecule has 0 fully saturated rings. The highest BCUT2D eigenvalue weighted by molar-refractivity contribution is 5.80. The van der Waals surface area contributed by atoms with Crippen molar-refractivity contribution in [2.45, 2.75) is 6.42 Å². The molecular weight excluding hydrogens is 236 g/mol. The summed E-state index contributed by atoms with van der Waals surface area (Å²) in [6.45, 7) is 0. The Morgan fingerprint density at radius 3 is 2.44 bits per heavy atom. The first kappa shape index (κ1) is 12.2. The van der Waals surface area contributed by atoms with Gasteiger partial charge >= 0.3 is 0 Å². The zero-order valence-corrected chi connectivity index (χ0v) is 9.49. The minimum Gasteiger partial charge on any atom is -0.369 e. The van der Waals surface area contributed by atoms with Crippen molar-refractivity contribution < 1.29 is 13.6 Å². The highest BCUT2D eigenvalue weighted by Crippen LogP contribution is 2.25. The van der Waals surface area contributed by atoms with Crippen LogP contribution in [0.1, 0.15) is 5.56 Å². The molecule has 4 heteroatoms. The van der Waals surface area contributed by atoms with Crippen LogP contribution in [-0.2, 0) is 11.2 Å². The average Bonchev–Trinajstić information content (AvgIpc) is 2.28. The fourth-order valence-electron chi connectivity index (χ4n) is 1.83. The first-order chi connectivity index (χ1) is 8.56. The van der Waals surface area contributed by atoms with Gasteiger partial charge in [0.25, 0.3) is 0 Å². The molecule has 0 atom stereocenters. The number of amides is 1. The van der Waals surface area contributed by atoms with Gasteiger partial charge < -0.3 is 5.73 Å².